The predicted octanol–water partition coefficient (Wildman–Crippen LogP) is -1.20. The number of nitrogens with zero attached hydrogens (tertiary/aromatic N) is 1. The summed E-state index contributed by atoms with van der Waals surface area (Å²) in [5, 5.41) is 52.4. The highest BCUT2D eigenvalue weighted by Crippen LogP contribution is 2.36. The molecule has 0 aliphatic carbocycles. The summed E-state index contributed by atoms with van der Waals surface area (Å²) >= 11 is 0. The van der Waals surface area contributed by atoms with Crippen molar-refractivity contribution in [2.75, 3.05) is 19.7 Å². The Hall–Kier alpha value is -1.03. The zero-order valence-corrected chi connectivity index (χ0v) is 13.6. The van der Waals surface area contributed by atoms with Crippen molar-refractivity contribution in [2.24, 2.45) is 0 Å². The minimum Gasteiger partial charge on any atom is -0.632 e. The van der Waals surface area contributed by atoms with Crippen molar-refractivity contribution in [3.05, 3.63) is 16.9 Å². The largest absolute Gasteiger partial charge is 0.632 e. The van der Waals surface area contributed by atoms with E-state index < -0.39 is 40.1 Å². The second-order valence-electron chi connectivity index (χ2n) is 7.02. The van der Waals surface area contributed by atoms with E-state index in [2.05, 4.69) is 0 Å². The molecule has 0 bridgehead atoms. The van der Waals surface area contributed by atoms with Gasteiger partial charge < -0.3 is 35.0 Å². The van der Waals surface area contributed by atoms with Gasteiger partial charge in [0.2, 0.25) is 5.60 Å². The fourth-order valence-electron chi connectivity index (χ4n) is 3.44. The molecule has 8 nitrogen and oxygen atoms in total. The molecule has 0 saturated carbocycles. The third kappa shape index (κ3) is 2.90. The lowest BCUT2D eigenvalue weighted by Gasteiger charge is -2.41. The molecule has 0 radical (unpaired) electrons. The lowest BCUT2D eigenvalue weighted by atomic mass is 9.81. The van der Waals surface area contributed by atoms with Gasteiger partial charge in [0.25, 0.3) is 0 Å². The van der Waals surface area contributed by atoms with Gasteiger partial charge in [0.15, 0.2) is 0 Å². The van der Waals surface area contributed by atoms with Crippen molar-refractivity contribution in [2.45, 2.75) is 56.6 Å². The van der Waals surface area contributed by atoms with Gasteiger partial charge in [-0.25, -0.2) is 4.79 Å². The van der Waals surface area contributed by atoms with E-state index in [4.69, 9.17) is 4.74 Å². The van der Waals surface area contributed by atoms with Crippen LogP contribution in [0.4, 0.5) is 0 Å². The molecule has 0 aromatic carbocycles. The van der Waals surface area contributed by atoms with Gasteiger partial charge in [-0.2, -0.15) is 0 Å². The smallest absolute Gasteiger partial charge is 0.344 e. The van der Waals surface area contributed by atoms with Crippen LogP contribution in [0, 0.1) is 5.21 Å². The highest BCUT2D eigenvalue weighted by molar-refractivity contribution is 5.81. The molecule has 2 aliphatic heterocycles. The van der Waals surface area contributed by atoms with E-state index in [0.29, 0.717) is 18.5 Å². The molecule has 132 valence electrons. The van der Waals surface area contributed by atoms with E-state index in [9.17, 15) is 30.4 Å². The summed E-state index contributed by atoms with van der Waals surface area (Å²) in [5.41, 5.74) is -3.92. The number of fused-ring (bicyclic) bond motifs is 1. The standard InChI is InChI=1S/C15H25NO7/c1-9(17)15(21,14(2,3)20)13(19)23-8-10-4-6-16(22)7-5-11(18)12(10)16/h4,9,11-12,17-18,20-21H,5-8H2,1-3H3/t9-,11-,12-,15+,16?/m1/s1. The van der Waals surface area contributed by atoms with Crippen LogP contribution in [0.15, 0.2) is 11.6 Å². The number of carbonyl (C=O) groups is 1. The molecular formula is C15H25NO7. The van der Waals surface area contributed by atoms with Crippen LogP contribution in [0.3, 0.4) is 0 Å². The molecule has 4 N–H and O–H groups in total. The lowest BCUT2D eigenvalue weighted by Crippen LogP contribution is -2.63. The van der Waals surface area contributed by atoms with Crippen molar-refractivity contribution in [3.8, 4) is 0 Å². The van der Waals surface area contributed by atoms with Gasteiger partial charge in [-0.1, -0.05) is 0 Å². The zero-order chi connectivity index (χ0) is 17.6. The molecule has 1 fully saturated rings. The second kappa shape index (κ2) is 5.80. The van der Waals surface area contributed by atoms with Gasteiger partial charge in [0, 0.05) is 12.0 Å². The fraction of sp³-hybridized carbons (Fsp3) is 0.800. The Labute approximate surface area is 134 Å². The Morgan fingerprint density at radius 2 is 2.13 bits per heavy atom. The van der Waals surface area contributed by atoms with Crippen molar-refractivity contribution in [1.29, 1.82) is 0 Å². The monoisotopic (exact) mass is 331 g/mol. The number of hydroxylamine groups is 3. The fourth-order valence-corrected chi connectivity index (χ4v) is 3.44. The molecule has 0 aromatic rings. The number of quaternary nitrogens is 1. The topological polar surface area (TPSA) is 130 Å². The van der Waals surface area contributed by atoms with Gasteiger partial charge >= 0.3 is 5.97 Å². The van der Waals surface area contributed by atoms with Crippen molar-refractivity contribution >= 4 is 5.97 Å². The quantitative estimate of drug-likeness (QED) is 0.215. The van der Waals surface area contributed by atoms with Crippen LogP contribution in [0.1, 0.15) is 27.2 Å². The van der Waals surface area contributed by atoms with Gasteiger partial charge in [-0.05, 0) is 26.8 Å². The van der Waals surface area contributed by atoms with Gasteiger partial charge in [0.1, 0.15) is 24.4 Å². The number of aliphatic hydroxyl groups is 4. The van der Waals surface area contributed by atoms with Crippen LogP contribution in [-0.2, 0) is 9.53 Å². The summed E-state index contributed by atoms with van der Waals surface area (Å²) < 4.78 is 4.49. The van der Waals surface area contributed by atoms with E-state index in [0.717, 1.165) is 0 Å². The number of esters is 1. The number of hydrogen-bond acceptors (Lipinski definition) is 7. The molecule has 2 heterocycles. The van der Waals surface area contributed by atoms with E-state index in [1.807, 2.05) is 0 Å². The number of rotatable bonds is 5. The molecular weight excluding hydrogens is 306 g/mol. The number of ether oxygens (including phenoxy) is 1. The van der Waals surface area contributed by atoms with Gasteiger partial charge in [0.05, 0.1) is 19.2 Å². The first kappa shape index (κ1) is 18.3. The van der Waals surface area contributed by atoms with Crippen LogP contribution in [0.5, 0.6) is 0 Å². The van der Waals surface area contributed by atoms with E-state index in [-0.39, 0.29) is 13.2 Å². The number of hydrogen-bond donors (Lipinski definition) is 4. The Bertz CT molecular complexity index is 512. The Balaban J connectivity index is 2.08. The maximum absolute atomic E-state index is 12.4. The van der Waals surface area contributed by atoms with Gasteiger partial charge in [-0.3, -0.25) is 0 Å². The first-order valence-corrected chi connectivity index (χ1v) is 7.68. The Morgan fingerprint density at radius 1 is 1.52 bits per heavy atom. The van der Waals surface area contributed by atoms with Crippen molar-refractivity contribution in [3.63, 3.8) is 0 Å². The predicted molar refractivity (Wildman–Crippen MR) is 79.7 cm³/mol. The second-order valence-corrected chi connectivity index (χ2v) is 7.02. The normalized spacial score (nSPS) is 34.5. The molecule has 0 aromatic heterocycles. The minimum absolute atomic E-state index is 0.209. The molecule has 8 heteroatoms. The summed E-state index contributed by atoms with van der Waals surface area (Å²) in [6, 6.07) is -0.662. The third-order valence-electron chi connectivity index (χ3n) is 4.94. The highest BCUT2D eigenvalue weighted by Gasteiger charge is 2.55. The maximum atomic E-state index is 12.4. The average molecular weight is 331 g/mol. The lowest BCUT2D eigenvalue weighted by molar-refractivity contribution is -0.877. The average Bonchev–Trinajstić information content (AvgIpc) is 2.91. The zero-order valence-electron chi connectivity index (χ0n) is 13.6. The van der Waals surface area contributed by atoms with Crippen LogP contribution in [0.25, 0.3) is 0 Å². The first-order chi connectivity index (χ1) is 10.4. The summed E-state index contributed by atoms with van der Waals surface area (Å²) in [6.07, 6.45) is -0.316. The third-order valence-corrected chi connectivity index (χ3v) is 4.94. The van der Waals surface area contributed by atoms with Crippen molar-refractivity contribution < 1.29 is 34.6 Å². The molecule has 2 rings (SSSR count). The Kier molecular flexibility index (Phi) is 4.62. The van der Waals surface area contributed by atoms with Crippen LogP contribution >= 0.6 is 0 Å². The highest BCUT2D eigenvalue weighted by atomic mass is 16.6. The molecule has 1 unspecified atom stereocenters. The molecule has 2 aliphatic rings. The van der Waals surface area contributed by atoms with E-state index in [1.54, 1.807) is 6.08 Å². The van der Waals surface area contributed by atoms with Gasteiger partial charge in [-0.15, -0.1) is 0 Å². The van der Waals surface area contributed by atoms with E-state index >= 15 is 0 Å². The molecule has 5 atom stereocenters. The minimum atomic E-state index is -2.50. The molecule has 23 heavy (non-hydrogen) atoms. The molecule has 0 spiro atoms. The summed E-state index contributed by atoms with van der Waals surface area (Å²) in [4.78, 5) is 12.2. The maximum Gasteiger partial charge on any atom is 0.344 e. The first-order valence-electron chi connectivity index (χ1n) is 7.68. The molecule has 0 amide bonds. The summed E-state index contributed by atoms with van der Waals surface area (Å²) in [5.74, 6) is -1.18. The summed E-state index contributed by atoms with van der Waals surface area (Å²) in [7, 11) is 0. The van der Waals surface area contributed by atoms with Crippen molar-refractivity contribution in [1.82, 2.24) is 0 Å². The molecule has 1 saturated heterocycles. The SMILES string of the molecule is C[C@@H](O)[C@](O)(C(=O)OCC1=CC[N+]2([O-])CC[C@@H](O)[C@@H]12)C(C)(C)O. The number of carbonyl (C=O) groups excluding carboxylic acids is 1. The van der Waals surface area contributed by atoms with Crippen LogP contribution in [0.2, 0.25) is 0 Å². The van der Waals surface area contributed by atoms with Crippen LogP contribution in [-0.4, -0.2) is 80.2 Å². The summed E-state index contributed by atoms with van der Waals surface area (Å²) in [6.45, 7) is 3.80. The Morgan fingerprint density at radius 3 is 2.65 bits per heavy atom. The van der Waals surface area contributed by atoms with E-state index in [1.165, 1.54) is 20.8 Å². The van der Waals surface area contributed by atoms with Crippen LogP contribution < -0.4 is 0 Å². The number of aliphatic hydroxyl groups excluding tert-OH is 2.